The second-order valence-corrected chi connectivity index (χ2v) is 5.46. The van der Waals surface area contributed by atoms with E-state index in [4.69, 9.17) is 4.74 Å². The lowest BCUT2D eigenvalue weighted by atomic mass is 10.1. The Kier molecular flexibility index (Phi) is 4.15. The minimum Gasteiger partial charge on any atom is -0.444 e. The van der Waals surface area contributed by atoms with Gasteiger partial charge in [-0.1, -0.05) is 0 Å². The summed E-state index contributed by atoms with van der Waals surface area (Å²) in [5.41, 5.74) is -0.700. The predicted molar refractivity (Wildman–Crippen MR) is 60.3 cm³/mol. The fraction of sp³-hybridized carbons (Fsp3) is 0.909. The van der Waals surface area contributed by atoms with Gasteiger partial charge in [0.15, 0.2) is 0 Å². The van der Waals surface area contributed by atoms with Crippen molar-refractivity contribution in [1.82, 2.24) is 9.80 Å². The van der Waals surface area contributed by atoms with Gasteiger partial charge < -0.3 is 9.64 Å². The van der Waals surface area contributed by atoms with Crippen LogP contribution in [0.5, 0.6) is 0 Å². The molecule has 0 aromatic rings. The maximum absolute atomic E-state index is 12.7. The van der Waals surface area contributed by atoms with Crippen LogP contribution in [0.3, 0.4) is 0 Å². The van der Waals surface area contributed by atoms with Crippen LogP contribution in [-0.4, -0.2) is 60.4 Å². The number of likely N-dealkylation sites (N-methyl/N-ethyl adjacent to an activating group) is 1. The van der Waals surface area contributed by atoms with E-state index in [9.17, 15) is 18.0 Å². The number of amides is 1. The molecule has 1 fully saturated rings. The zero-order chi connectivity index (χ0) is 14.1. The lowest BCUT2D eigenvalue weighted by Gasteiger charge is -2.40. The molecule has 0 radical (unpaired) electrons. The first kappa shape index (κ1) is 15.1. The summed E-state index contributed by atoms with van der Waals surface area (Å²) in [6, 6.07) is -1.63. The van der Waals surface area contributed by atoms with Crippen molar-refractivity contribution in [2.45, 2.75) is 38.6 Å². The average Bonchev–Trinajstić information content (AvgIpc) is 2.13. The third-order valence-electron chi connectivity index (χ3n) is 2.68. The van der Waals surface area contributed by atoms with Gasteiger partial charge in [-0.05, 0) is 27.8 Å². The van der Waals surface area contributed by atoms with Gasteiger partial charge >= 0.3 is 12.3 Å². The number of piperazine rings is 1. The van der Waals surface area contributed by atoms with Gasteiger partial charge in [0.05, 0.1) is 0 Å². The van der Waals surface area contributed by atoms with E-state index in [1.807, 2.05) is 0 Å². The van der Waals surface area contributed by atoms with Crippen molar-refractivity contribution in [3.8, 4) is 0 Å². The molecule has 0 bridgehead atoms. The second-order valence-electron chi connectivity index (χ2n) is 5.46. The van der Waals surface area contributed by atoms with E-state index in [1.54, 1.807) is 20.8 Å². The fourth-order valence-corrected chi connectivity index (χ4v) is 1.72. The number of ether oxygens (including phenoxy) is 1. The van der Waals surface area contributed by atoms with Crippen molar-refractivity contribution in [1.29, 1.82) is 0 Å². The van der Waals surface area contributed by atoms with Crippen LogP contribution in [0, 0.1) is 0 Å². The van der Waals surface area contributed by atoms with Gasteiger partial charge in [-0.2, -0.15) is 13.2 Å². The number of carbonyl (C=O) groups excluding carboxylic acids is 1. The number of rotatable bonds is 0. The number of carbonyl (C=O) groups is 1. The van der Waals surface area contributed by atoms with Crippen LogP contribution in [0.1, 0.15) is 20.8 Å². The normalized spacial score (nSPS) is 23.1. The molecule has 106 valence electrons. The van der Waals surface area contributed by atoms with Gasteiger partial charge in [0.25, 0.3) is 0 Å². The molecular formula is C11H19F3N2O2. The fourth-order valence-electron chi connectivity index (χ4n) is 1.72. The van der Waals surface area contributed by atoms with E-state index in [1.165, 1.54) is 11.9 Å². The molecule has 0 spiro atoms. The molecule has 1 aliphatic rings. The van der Waals surface area contributed by atoms with Crippen molar-refractivity contribution in [2.24, 2.45) is 0 Å². The second kappa shape index (κ2) is 4.95. The van der Waals surface area contributed by atoms with Crippen molar-refractivity contribution in [2.75, 3.05) is 26.7 Å². The van der Waals surface area contributed by atoms with Crippen LogP contribution >= 0.6 is 0 Å². The molecule has 4 nitrogen and oxygen atoms in total. The molecule has 1 unspecified atom stereocenters. The van der Waals surface area contributed by atoms with Gasteiger partial charge in [0.1, 0.15) is 11.6 Å². The molecule has 0 aromatic heterocycles. The molecule has 1 heterocycles. The van der Waals surface area contributed by atoms with Gasteiger partial charge in [-0.15, -0.1) is 0 Å². The topological polar surface area (TPSA) is 32.8 Å². The van der Waals surface area contributed by atoms with Crippen LogP contribution in [0.15, 0.2) is 0 Å². The Morgan fingerprint density at radius 3 is 2.22 bits per heavy atom. The highest BCUT2D eigenvalue weighted by Gasteiger charge is 2.46. The smallest absolute Gasteiger partial charge is 0.410 e. The van der Waals surface area contributed by atoms with Crippen molar-refractivity contribution in [3.05, 3.63) is 0 Å². The zero-order valence-corrected chi connectivity index (χ0v) is 11.0. The quantitative estimate of drug-likeness (QED) is 0.674. The summed E-state index contributed by atoms with van der Waals surface area (Å²) >= 11 is 0. The minimum absolute atomic E-state index is 0.184. The molecule has 7 heteroatoms. The van der Waals surface area contributed by atoms with E-state index in [-0.39, 0.29) is 19.6 Å². The van der Waals surface area contributed by atoms with E-state index >= 15 is 0 Å². The van der Waals surface area contributed by atoms with E-state index in [0.717, 1.165) is 4.90 Å². The van der Waals surface area contributed by atoms with Crippen LogP contribution in [0.2, 0.25) is 0 Å². The molecular weight excluding hydrogens is 249 g/mol. The molecule has 1 amide bonds. The summed E-state index contributed by atoms with van der Waals surface area (Å²) in [5.74, 6) is 0. The number of halogens is 3. The summed E-state index contributed by atoms with van der Waals surface area (Å²) < 4.78 is 43.3. The van der Waals surface area contributed by atoms with Gasteiger partial charge in [0, 0.05) is 19.6 Å². The molecule has 1 rings (SSSR count). The molecule has 0 saturated carbocycles. The van der Waals surface area contributed by atoms with Crippen LogP contribution in [0.25, 0.3) is 0 Å². The Bertz CT molecular complexity index is 312. The van der Waals surface area contributed by atoms with Gasteiger partial charge in [-0.3, -0.25) is 4.90 Å². The number of nitrogens with zero attached hydrogens (tertiary/aromatic N) is 2. The Hall–Kier alpha value is -0.980. The average molecular weight is 268 g/mol. The van der Waals surface area contributed by atoms with Crippen molar-refractivity contribution in [3.63, 3.8) is 0 Å². The number of hydrogen-bond donors (Lipinski definition) is 0. The van der Waals surface area contributed by atoms with E-state index < -0.39 is 23.9 Å². The lowest BCUT2D eigenvalue weighted by molar-refractivity contribution is -0.191. The molecule has 18 heavy (non-hydrogen) atoms. The summed E-state index contributed by atoms with van der Waals surface area (Å²) in [6.45, 7) is 5.10. The van der Waals surface area contributed by atoms with Crippen LogP contribution in [0.4, 0.5) is 18.0 Å². The largest absolute Gasteiger partial charge is 0.444 e. The molecule has 0 N–H and O–H groups in total. The summed E-state index contributed by atoms with van der Waals surface area (Å²) in [7, 11) is 1.41. The standard InChI is InChI=1S/C11H19F3N2O2/c1-10(2,3)18-9(17)16-6-5-15(4)8(7-16)11(12,13)14/h8H,5-7H2,1-4H3. The predicted octanol–water partition coefficient (Wildman–Crippen LogP) is 2.10. The Morgan fingerprint density at radius 2 is 1.78 bits per heavy atom. The Balaban J connectivity index is 2.68. The maximum Gasteiger partial charge on any atom is 0.410 e. The summed E-state index contributed by atoms with van der Waals surface area (Å²) in [5, 5.41) is 0. The van der Waals surface area contributed by atoms with E-state index in [0.29, 0.717) is 0 Å². The lowest BCUT2D eigenvalue weighted by Crippen LogP contribution is -2.59. The molecule has 1 saturated heterocycles. The first-order chi connectivity index (χ1) is 8.00. The van der Waals surface area contributed by atoms with Crippen molar-refractivity contribution >= 4 is 6.09 Å². The highest BCUT2D eigenvalue weighted by molar-refractivity contribution is 5.68. The minimum atomic E-state index is -4.34. The zero-order valence-electron chi connectivity index (χ0n) is 11.0. The Morgan fingerprint density at radius 1 is 1.22 bits per heavy atom. The van der Waals surface area contributed by atoms with Gasteiger partial charge in [-0.25, -0.2) is 4.79 Å². The molecule has 0 aromatic carbocycles. The third kappa shape index (κ3) is 4.04. The maximum atomic E-state index is 12.7. The van der Waals surface area contributed by atoms with E-state index in [2.05, 4.69) is 0 Å². The molecule has 1 atom stereocenters. The SMILES string of the molecule is CN1CCN(C(=O)OC(C)(C)C)CC1C(F)(F)F. The molecule has 1 aliphatic heterocycles. The highest BCUT2D eigenvalue weighted by atomic mass is 19.4. The number of alkyl halides is 3. The van der Waals surface area contributed by atoms with Crippen molar-refractivity contribution < 1.29 is 22.7 Å². The Labute approximate surface area is 105 Å². The monoisotopic (exact) mass is 268 g/mol. The third-order valence-corrected chi connectivity index (χ3v) is 2.68. The molecule has 0 aliphatic carbocycles. The highest BCUT2D eigenvalue weighted by Crippen LogP contribution is 2.27. The van der Waals surface area contributed by atoms with Gasteiger partial charge in [0.2, 0.25) is 0 Å². The summed E-state index contributed by atoms with van der Waals surface area (Å²) in [4.78, 5) is 14.0. The van der Waals surface area contributed by atoms with Crippen LogP contribution < -0.4 is 0 Å². The first-order valence-electron chi connectivity index (χ1n) is 5.75. The van der Waals surface area contributed by atoms with Crippen LogP contribution in [-0.2, 0) is 4.74 Å². The number of hydrogen-bond acceptors (Lipinski definition) is 3. The first-order valence-corrected chi connectivity index (χ1v) is 5.75. The summed E-state index contributed by atoms with van der Waals surface area (Å²) in [6.07, 6.45) is -5.03.